The summed E-state index contributed by atoms with van der Waals surface area (Å²) in [6.07, 6.45) is 0. The first-order valence-corrected chi connectivity index (χ1v) is 9.93. The number of carbonyl (C=O) groups excluding carboxylic acids is 2. The van der Waals surface area contributed by atoms with E-state index < -0.39 is 12.1 Å². The van der Waals surface area contributed by atoms with Crippen LogP contribution < -0.4 is 20.9 Å². The molecule has 10 nitrogen and oxygen atoms in total. The number of nitrogens with two attached hydrogens (primary N) is 2. The van der Waals surface area contributed by atoms with E-state index in [0.717, 1.165) is 0 Å². The van der Waals surface area contributed by atoms with Gasteiger partial charge >= 0.3 is 12.1 Å². The Balaban J connectivity index is 1.66. The van der Waals surface area contributed by atoms with E-state index in [-0.39, 0.29) is 13.1 Å². The Hall–Kier alpha value is -3.99. The molecular formula is C22H21ClN4O6. The SMILES string of the molecule is NC(=O)N(O)Cc1ccc(Oc2cc(Cl)cc(Oc3ccc(CN(O)C(N)=O)cc3)c2)cc1. The highest BCUT2D eigenvalue weighted by Gasteiger charge is 2.09. The molecule has 33 heavy (non-hydrogen) atoms. The molecule has 0 bridgehead atoms. The van der Waals surface area contributed by atoms with Crippen LogP contribution in [0.3, 0.4) is 0 Å². The predicted octanol–water partition coefficient (Wildman–Crippen LogP) is 4.46. The van der Waals surface area contributed by atoms with Crippen molar-refractivity contribution in [3.05, 3.63) is 82.9 Å². The maximum absolute atomic E-state index is 10.9. The quantitative estimate of drug-likeness (QED) is 0.280. The molecule has 0 fully saturated rings. The van der Waals surface area contributed by atoms with Crippen LogP contribution in [0.5, 0.6) is 23.0 Å². The zero-order chi connectivity index (χ0) is 24.0. The molecule has 0 radical (unpaired) electrons. The van der Waals surface area contributed by atoms with Gasteiger partial charge in [-0.15, -0.1) is 0 Å². The molecular weight excluding hydrogens is 452 g/mol. The fourth-order valence-electron chi connectivity index (χ4n) is 2.75. The van der Waals surface area contributed by atoms with Crippen LogP contribution in [-0.2, 0) is 13.1 Å². The highest BCUT2D eigenvalue weighted by atomic mass is 35.5. The molecule has 0 aliphatic heterocycles. The van der Waals surface area contributed by atoms with Crippen molar-refractivity contribution in [1.29, 1.82) is 0 Å². The number of carbonyl (C=O) groups is 2. The Morgan fingerprint density at radius 3 is 1.39 bits per heavy atom. The second kappa shape index (κ2) is 10.6. The van der Waals surface area contributed by atoms with E-state index in [2.05, 4.69) is 0 Å². The molecule has 3 aromatic carbocycles. The average molecular weight is 473 g/mol. The summed E-state index contributed by atoms with van der Waals surface area (Å²) >= 11 is 6.19. The number of primary amides is 2. The summed E-state index contributed by atoms with van der Waals surface area (Å²) in [6, 6.07) is 16.4. The van der Waals surface area contributed by atoms with E-state index in [1.54, 1.807) is 66.7 Å². The molecule has 0 saturated carbocycles. The number of halogens is 1. The number of amides is 4. The molecule has 0 aliphatic rings. The van der Waals surface area contributed by atoms with E-state index in [0.29, 0.717) is 49.3 Å². The smallest absolute Gasteiger partial charge is 0.338 e. The van der Waals surface area contributed by atoms with Gasteiger partial charge in [0.05, 0.1) is 13.1 Å². The van der Waals surface area contributed by atoms with E-state index in [1.807, 2.05) is 0 Å². The first-order chi connectivity index (χ1) is 15.7. The zero-order valence-corrected chi connectivity index (χ0v) is 18.0. The summed E-state index contributed by atoms with van der Waals surface area (Å²) in [6.45, 7) is -0.106. The van der Waals surface area contributed by atoms with Crippen LogP contribution >= 0.6 is 11.6 Å². The van der Waals surface area contributed by atoms with Crippen molar-refractivity contribution in [2.24, 2.45) is 11.5 Å². The lowest BCUT2D eigenvalue weighted by Crippen LogP contribution is -2.31. The van der Waals surface area contributed by atoms with E-state index in [4.69, 9.17) is 32.5 Å². The molecule has 0 heterocycles. The van der Waals surface area contributed by atoms with Gasteiger partial charge in [0, 0.05) is 11.1 Å². The minimum absolute atomic E-state index is 0.0532. The lowest BCUT2D eigenvalue weighted by molar-refractivity contribution is -0.0470. The monoisotopic (exact) mass is 472 g/mol. The van der Waals surface area contributed by atoms with Crippen molar-refractivity contribution >= 4 is 23.7 Å². The Kier molecular flexibility index (Phi) is 7.57. The molecule has 0 atom stereocenters. The maximum atomic E-state index is 10.9. The number of nitrogens with zero attached hydrogens (tertiary/aromatic N) is 2. The van der Waals surface area contributed by atoms with E-state index in [9.17, 15) is 20.0 Å². The largest absolute Gasteiger partial charge is 0.457 e. The van der Waals surface area contributed by atoms with Crippen molar-refractivity contribution in [3.63, 3.8) is 0 Å². The molecule has 3 aromatic rings. The zero-order valence-electron chi connectivity index (χ0n) is 17.2. The van der Waals surface area contributed by atoms with Crippen LogP contribution in [0.25, 0.3) is 0 Å². The summed E-state index contributed by atoms with van der Waals surface area (Å²) in [5.41, 5.74) is 11.3. The van der Waals surface area contributed by atoms with Crippen LogP contribution in [0.2, 0.25) is 5.02 Å². The molecule has 0 spiro atoms. The minimum Gasteiger partial charge on any atom is -0.457 e. The topological polar surface area (TPSA) is 152 Å². The van der Waals surface area contributed by atoms with Crippen LogP contribution in [0.1, 0.15) is 11.1 Å². The third-order valence-electron chi connectivity index (χ3n) is 4.34. The van der Waals surface area contributed by atoms with Gasteiger partial charge < -0.3 is 20.9 Å². The molecule has 0 saturated heterocycles. The van der Waals surface area contributed by atoms with E-state index in [1.165, 1.54) is 0 Å². The second-order valence-corrected chi connectivity index (χ2v) is 7.34. The van der Waals surface area contributed by atoms with Crippen LogP contribution in [0, 0.1) is 0 Å². The van der Waals surface area contributed by atoms with Gasteiger partial charge in [-0.05, 0) is 47.5 Å². The number of urea groups is 2. The Morgan fingerprint density at radius 2 is 1.06 bits per heavy atom. The number of benzene rings is 3. The van der Waals surface area contributed by atoms with Crippen LogP contribution in [-0.4, -0.2) is 32.6 Å². The second-order valence-electron chi connectivity index (χ2n) is 6.91. The summed E-state index contributed by atoms with van der Waals surface area (Å²) in [4.78, 5) is 21.8. The maximum Gasteiger partial charge on any atom is 0.338 e. The Labute approximate surface area is 194 Å². The lowest BCUT2D eigenvalue weighted by atomic mass is 10.2. The number of hydrogen-bond donors (Lipinski definition) is 4. The van der Waals surface area contributed by atoms with Gasteiger partial charge in [-0.2, -0.15) is 0 Å². The van der Waals surface area contributed by atoms with E-state index >= 15 is 0 Å². The third-order valence-corrected chi connectivity index (χ3v) is 4.55. The van der Waals surface area contributed by atoms with Crippen molar-refractivity contribution in [2.45, 2.75) is 13.1 Å². The average Bonchev–Trinajstić information content (AvgIpc) is 2.76. The molecule has 0 unspecified atom stereocenters. The van der Waals surface area contributed by atoms with Gasteiger partial charge in [-0.3, -0.25) is 10.4 Å². The standard InChI is InChI=1S/C22H21ClN4O6/c23-16-9-19(32-17-5-1-14(2-6-17)12-26(30)21(24)28)11-20(10-16)33-18-7-3-15(4-8-18)13-27(31)22(25)29/h1-11,30-31H,12-13H2,(H2,24,28)(H2,25,29). The van der Waals surface area contributed by atoms with Crippen molar-refractivity contribution in [1.82, 2.24) is 10.1 Å². The first kappa shape index (κ1) is 23.7. The molecule has 6 N–H and O–H groups in total. The summed E-state index contributed by atoms with van der Waals surface area (Å²) in [5.74, 6) is 1.87. The fourth-order valence-corrected chi connectivity index (χ4v) is 2.97. The molecule has 172 valence electrons. The Morgan fingerprint density at radius 1 is 0.697 bits per heavy atom. The fraction of sp³-hybridized carbons (Fsp3) is 0.0909. The van der Waals surface area contributed by atoms with Crippen LogP contribution in [0.4, 0.5) is 9.59 Å². The van der Waals surface area contributed by atoms with Crippen molar-refractivity contribution < 1.29 is 29.5 Å². The number of rotatable bonds is 8. The van der Waals surface area contributed by atoms with Gasteiger partial charge in [0.15, 0.2) is 0 Å². The number of hydroxylamine groups is 4. The summed E-state index contributed by atoms with van der Waals surface area (Å²) in [5, 5.41) is 20.0. The molecule has 3 rings (SSSR count). The molecule has 11 heteroatoms. The first-order valence-electron chi connectivity index (χ1n) is 9.55. The number of ether oxygens (including phenoxy) is 2. The highest BCUT2D eigenvalue weighted by molar-refractivity contribution is 6.30. The highest BCUT2D eigenvalue weighted by Crippen LogP contribution is 2.32. The molecule has 4 amide bonds. The third kappa shape index (κ3) is 7.01. The van der Waals surface area contributed by atoms with Gasteiger partial charge in [0.1, 0.15) is 23.0 Å². The van der Waals surface area contributed by atoms with Gasteiger partial charge in [0.2, 0.25) is 0 Å². The summed E-state index contributed by atoms with van der Waals surface area (Å²) in [7, 11) is 0. The Bertz CT molecular complexity index is 1040. The van der Waals surface area contributed by atoms with Gasteiger partial charge in [-0.25, -0.2) is 19.7 Å². The normalized spacial score (nSPS) is 10.4. The van der Waals surface area contributed by atoms with Gasteiger partial charge in [-0.1, -0.05) is 35.9 Å². The minimum atomic E-state index is -0.947. The van der Waals surface area contributed by atoms with Crippen molar-refractivity contribution in [2.75, 3.05) is 0 Å². The molecule has 0 aliphatic carbocycles. The predicted molar refractivity (Wildman–Crippen MR) is 118 cm³/mol. The number of hydrogen-bond acceptors (Lipinski definition) is 6. The lowest BCUT2D eigenvalue weighted by Gasteiger charge is -2.13. The van der Waals surface area contributed by atoms with Crippen molar-refractivity contribution in [3.8, 4) is 23.0 Å². The van der Waals surface area contributed by atoms with Crippen LogP contribution in [0.15, 0.2) is 66.7 Å². The van der Waals surface area contributed by atoms with Gasteiger partial charge in [0.25, 0.3) is 0 Å². The molecule has 0 aromatic heterocycles. The summed E-state index contributed by atoms with van der Waals surface area (Å²) < 4.78 is 11.6.